The predicted molar refractivity (Wildman–Crippen MR) is 144 cm³/mol. The zero-order valence-corrected chi connectivity index (χ0v) is 22.2. The number of carboxylic acids is 1. The van der Waals surface area contributed by atoms with E-state index in [4.69, 9.17) is 33.0 Å². The van der Waals surface area contributed by atoms with Crippen LogP contribution >= 0.6 is 23.2 Å². The molecule has 11 nitrogen and oxygen atoms in total. The lowest BCUT2D eigenvalue weighted by Gasteiger charge is -2.19. The molecule has 0 fully saturated rings. The van der Waals surface area contributed by atoms with Gasteiger partial charge in [0.15, 0.2) is 5.15 Å². The lowest BCUT2D eigenvalue weighted by atomic mass is 10.0. The number of hydrogen-bond donors (Lipinski definition) is 1. The molecule has 0 radical (unpaired) electrons. The highest BCUT2D eigenvalue weighted by atomic mass is 35.5. The van der Waals surface area contributed by atoms with Gasteiger partial charge in [-0.25, -0.2) is 14.2 Å². The summed E-state index contributed by atoms with van der Waals surface area (Å²) >= 11 is 12.3. The Hall–Kier alpha value is -4.48. The zero-order valence-electron chi connectivity index (χ0n) is 20.7. The molecule has 0 saturated heterocycles. The summed E-state index contributed by atoms with van der Waals surface area (Å²) in [4.78, 5) is 24.6. The van der Waals surface area contributed by atoms with Crippen LogP contribution in [0.2, 0.25) is 10.2 Å². The van der Waals surface area contributed by atoms with Crippen molar-refractivity contribution in [2.24, 2.45) is 0 Å². The minimum atomic E-state index is -1.02. The van der Waals surface area contributed by atoms with E-state index in [0.717, 1.165) is 0 Å². The van der Waals surface area contributed by atoms with Crippen LogP contribution in [0.1, 0.15) is 35.4 Å². The fraction of sp³-hybridized carbons (Fsp3) is 0.154. The van der Waals surface area contributed by atoms with Crippen molar-refractivity contribution in [3.8, 4) is 28.3 Å². The number of nitrogens with zero attached hydrogens (tertiary/aromatic N) is 7. The molecule has 0 aliphatic heterocycles. The number of hydrogen-bond acceptors (Lipinski definition) is 7. The zero-order chi connectivity index (χ0) is 27.7. The van der Waals surface area contributed by atoms with E-state index in [9.17, 15) is 9.59 Å². The lowest BCUT2D eigenvalue weighted by molar-refractivity contribution is 0.0697. The molecule has 0 aliphatic rings. The van der Waals surface area contributed by atoms with E-state index in [1.807, 2.05) is 6.92 Å². The van der Waals surface area contributed by atoms with Crippen LogP contribution in [0.3, 0.4) is 0 Å². The summed E-state index contributed by atoms with van der Waals surface area (Å²) in [6.07, 6.45) is 5.43. The molecular formula is C26H21Cl2N7O4. The third-order valence-electron chi connectivity index (χ3n) is 6.18. The van der Waals surface area contributed by atoms with Crippen molar-refractivity contribution in [1.29, 1.82) is 0 Å². The Morgan fingerprint density at radius 2 is 1.72 bits per heavy atom. The minimum absolute atomic E-state index is 0.166. The summed E-state index contributed by atoms with van der Waals surface area (Å²) in [7, 11) is 1.52. The number of carbonyl (C=O) groups is 1. The second-order valence-corrected chi connectivity index (χ2v) is 9.34. The van der Waals surface area contributed by atoms with Gasteiger partial charge in [-0.1, -0.05) is 40.6 Å². The summed E-state index contributed by atoms with van der Waals surface area (Å²) < 4.78 is 10.3. The molecular weight excluding hydrogens is 545 g/mol. The van der Waals surface area contributed by atoms with Gasteiger partial charge in [-0.15, -0.1) is 10.2 Å². The maximum Gasteiger partial charge on any atom is 0.335 e. The van der Waals surface area contributed by atoms with Crippen molar-refractivity contribution in [3.05, 3.63) is 98.9 Å². The lowest BCUT2D eigenvalue weighted by Crippen LogP contribution is -2.25. The highest BCUT2D eigenvalue weighted by Crippen LogP contribution is 2.36. The van der Waals surface area contributed by atoms with Crippen molar-refractivity contribution >= 4 is 29.2 Å². The summed E-state index contributed by atoms with van der Waals surface area (Å²) in [5.41, 5.74) is 2.79. The molecule has 0 aliphatic carbocycles. The molecule has 0 spiro atoms. The molecule has 5 rings (SSSR count). The number of halogens is 2. The normalized spacial score (nSPS) is 11.9. The van der Waals surface area contributed by atoms with Crippen LogP contribution in [0.4, 0.5) is 0 Å². The van der Waals surface area contributed by atoms with Crippen LogP contribution in [0.25, 0.3) is 22.5 Å². The van der Waals surface area contributed by atoms with E-state index in [2.05, 4.69) is 20.6 Å². The van der Waals surface area contributed by atoms with Gasteiger partial charge >= 0.3 is 5.97 Å². The summed E-state index contributed by atoms with van der Waals surface area (Å²) in [6, 6.07) is 12.5. The molecule has 1 unspecified atom stereocenters. The first kappa shape index (κ1) is 26.1. The number of aromatic nitrogens is 7. The van der Waals surface area contributed by atoms with Gasteiger partial charge in [-0.3, -0.25) is 4.79 Å². The molecule has 39 heavy (non-hydrogen) atoms. The Kier molecular flexibility index (Phi) is 7.18. The fourth-order valence-corrected chi connectivity index (χ4v) is 4.59. The van der Waals surface area contributed by atoms with Gasteiger partial charge in [0.25, 0.3) is 5.56 Å². The van der Waals surface area contributed by atoms with Gasteiger partial charge in [-0.2, -0.15) is 0 Å². The molecule has 2 aromatic carbocycles. The quantitative estimate of drug-likeness (QED) is 0.286. The van der Waals surface area contributed by atoms with Gasteiger partial charge in [0.1, 0.15) is 11.4 Å². The van der Waals surface area contributed by atoms with Gasteiger partial charge in [-0.05, 0) is 48.9 Å². The molecule has 3 heterocycles. The first-order valence-corrected chi connectivity index (χ1v) is 12.5. The summed E-state index contributed by atoms with van der Waals surface area (Å²) in [5, 5.41) is 26.2. The average Bonchev–Trinajstić information content (AvgIpc) is 3.59. The highest BCUT2D eigenvalue weighted by molar-refractivity contribution is 6.31. The highest BCUT2D eigenvalue weighted by Gasteiger charge is 2.22. The Morgan fingerprint density at radius 1 is 0.974 bits per heavy atom. The second-order valence-electron chi connectivity index (χ2n) is 8.51. The van der Waals surface area contributed by atoms with E-state index in [1.54, 1.807) is 53.5 Å². The van der Waals surface area contributed by atoms with Gasteiger partial charge < -0.3 is 14.4 Å². The van der Waals surface area contributed by atoms with Crippen LogP contribution in [0.5, 0.6) is 5.75 Å². The topological polar surface area (TPSA) is 130 Å². The second kappa shape index (κ2) is 10.7. The van der Waals surface area contributed by atoms with Crippen molar-refractivity contribution < 1.29 is 14.6 Å². The molecule has 1 N–H and O–H groups in total. The molecule has 0 bridgehead atoms. The summed E-state index contributed by atoms with van der Waals surface area (Å²) in [6.45, 7) is 1.93. The molecule has 0 saturated carbocycles. The van der Waals surface area contributed by atoms with Gasteiger partial charge in [0.2, 0.25) is 0 Å². The first-order chi connectivity index (χ1) is 18.8. The maximum absolute atomic E-state index is 13.5. The van der Waals surface area contributed by atoms with Crippen molar-refractivity contribution in [2.45, 2.75) is 19.4 Å². The Balaban J connectivity index is 1.55. The molecule has 13 heteroatoms. The third kappa shape index (κ3) is 5.14. The number of aromatic carboxylic acids is 1. The largest absolute Gasteiger partial charge is 0.495 e. The molecule has 0 amide bonds. The third-order valence-corrected chi connectivity index (χ3v) is 6.59. The van der Waals surface area contributed by atoms with E-state index in [1.165, 1.54) is 34.7 Å². The van der Waals surface area contributed by atoms with Gasteiger partial charge in [0.05, 0.1) is 48.7 Å². The SMILES string of the molecule is CCC(c1cn(-c2ccc(C(=O)O)cc2)nn1)n1cc(OC)c(-c2cc(Cl)ccc2-n2cc(Cl)nn2)cc1=O. The van der Waals surface area contributed by atoms with E-state index >= 15 is 0 Å². The summed E-state index contributed by atoms with van der Waals surface area (Å²) in [5.74, 6) is -0.585. The monoisotopic (exact) mass is 565 g/mol. The fourth-order valence-electron chi connectivity index (χ4n) is 4.29. The predicted octanol–water partition coefficient (Wildman–Crippen LogP) is 4.69. The average molecular weight is 566 g/mol. The molecule has 3 aromatic heterocycles. The van der Waals surface area contributed by atoms with Crippen molar-refractivity contribution in [1.82, 2.24) is 34.6 Å². The minimum Gasteiger partial charge on any atom is -0.495 e. The van der Waals surface area contributed by atoms with Crippen molar-refractivity contribution in [3.63, 3.8) is 0 Å². The Morgan fingerprint density at radius 3 is 2.36 bits per heavy atom. The Bertz CT molecular complexity index is 1730. The van der Waals surface area contributed by atoms with E-state index in [0.29, 0.717) is 45.4 Å². The number of methoxy groups -OCH3 is 1. The van der Waals surface area contributed by atoms with Crippen LogP contribution in [-0.2, 0) is 0 Å². The van der Waals surface area contributed by atoms with E-state index in [-0.39, 0.29) is 16.3 Å². The number of benzene rings is 2. The van der Waals surface area contributed by atoms with Gasteiger partial charge in [0, 0.05) is 22.2 Å². The smallest absolute Gasteiger partial charge is 0.335 e. The van der Waals surface area contributed by atoms with Crippen molar-refractivity contribution in [2.75, 3.05) is 7.11 Å². The van der Waals surface area contributed by atoms with Crippen LogP contribution in [0.15, 0.2) is 71.9 Å². The molecule has 5 aromatic rings. The maximum atomic E-state index is 13.5. The number of ether oxygens (including phenoxy) is 1. The number of rotatable bonds is 8. The van der Waals surface area contributed by atoms with E-state index < -0.39 is 12.0 Å². The van der Waals surface area contributed by atoms with Crippen LogP contribution in [0, 0.1) is 0 Å². The first-order valence-electron chi connectivity index (χ1n) is 11.7. The number of carboxylic acid groups (broad SMARTS) is 1. The van der Waals surface area contributed by atoms with Crippen LogP contribution in [-0.4, -0.2) is 52.7 Å². The molecule has 198 valence electrons. The standard InChI is InChI=1S/C26H21Cl2N7O4/c1-3-21(20-12-34(31-29-20)17-7-4-15(5-8-17)26(37)38)33-13-23(39-2)19(11-25(33)36)18-10-16(27)6-9-22(18)35-14-24(28)30-32-35/h4-14,21H,3H2,1-2H3,(H,37,38). The number of pyridine rings is 1. The Labute approximate surface area is 231 Å². The van der Waals surface area contributed by atoms with Crippen LogP contribution < -0.4 is 10.3 Å². The molecule has 1 atom stereocenters.